The molecule has 2 aromatic heterocycles. The molecule has 1 N–H and O–H groups in total. The van der Waals surface area contributed by atoms with E-state index in [1.54, 1.807) is 20.4 Å². The van der Waals surface area contributed by atoms with E-state index in [0.29, 0.717) is 36.3 Å². The molecule has 2 aliphatic rings. The Bertz CT molecular complexity index is 1160. The first kappa shape index (κ1) is 20.2. The molecular weight excluding hydrogens is 414 g/mol. The molecular formula is C22H25N5O3S. The van der Waals surface area contributed by atoms with E-state index < -0.39 is 6.10 Å². The molecule has 1 atom stereocenters. The number of aromatic nitrogens is 4. The van der Waals surface area contributed by atoms with Crippen LogP contribution in [0, 0.1) is 4.77 Å². The molecule has 1 fully saturated rings. The first-order valence-electron chi connectivity index (χ1n) is 10.3. The summed E-state index contributed by atoms with van der Waals surface area (Å²) in [4.78, 5) is 6.37. The topological polar surface area (TPSA) is 77.6 Å². The van der Waals surface area contributed by atoms with Gasteiger partial charge in [-0.25, -0.2) is 4.68 Å². The molecule has 0 bridgehead atoms. The molecule has 0 saturated heterocycles. The van der Waals surface area contributed by atoms with Crippen molar-refractivity contribution in [3.05, 3.63) is 52.6 Å². The van der Waals surface area contributed by atoms with Gasteiger partial charge >= 0.3 is 0 Å². The van der Waals surface area contributed by atoms with Gasteiger partial charge in [-0.3, -0.25) is 14.5 Å². The van der Waals surface area contributed by atoms with Gasteiger partial charge in [-0.05, 0) is 49.3 Å². The van der Waals surface area contributed by atoms with Crippen molar-refractivity contribution in [1.82, 2.24) is 24.2 Å². The average molecular weight is 440 g/mol. The van der Waals surface area contributed by atoms with Crippen LogP contribution in [0.3, 0.4) is 0 Å². The van der Waals surface area contributed by atoms with Gasteiger partial charge in [0.05, 0.1) is 27.0 Å². The summed E-state index contributed by atoms with van der Waals surface area (Å²) in [5.74, 6) is 2.26. The highest BCUT2D eigenvalue weighted by Crippen LogP contribution is 2.40. The van der Waals surface area contributed by atoms with Gasteiger partial charge in [0.2, 0.25) is 0 Å². The van der Waals surface area contributed by atoms with Crippen molar-refractivity contribution in [2.75, 3.05) is 20.8 Å². The normalized spacial score (nSPS) is 18.6. The van der Waals surface area contributed by atoms with Gasteiger partial charge in [-0.15, -0.1) is 0 Å². The minimum Gasteiger partial charge on any atom is -0.496 e. The van der Waals surface area contributed by atoms with Crippen molar-refractivity contribution in [1.29, 1.82) is 0 Å². The zero-order valence-electron chi connectivity index (χ0n) is 17.6. The predicted octanol–water partition coefficient (Wildman–Crippen LogP) is 3.33. The fourth-order valence-corrected chi connectivity index (χ4v) is 4.64. The maximum atomic E-state index is 10.9. The van der Waals surface area contributed by atoms with Crippen molar-refractivity contribution in [2.24, 2.45) is 0 Å². The lowest BCUT2D eigenvalue weighted by Gasteiger charge is -2.33. The average Bonchev–Trinajstić information content (AvgIpc) is 3.57. The summed E-state index contributed by atoms with van der Waals surface area (Å²) < 4.78 is 15.7. The van der Waals surface area contributed by atoms with Gasteiger partial charge in [0, 0.05) is 48.2 Å². The number of rotatable bonds is 6. The molecule has 1 saturated carbocycles. The number of fused-ring (bicyclic) bond motifs is 1. The highest BCUT2D eigenvalue weighted by atomic mass is 32.1. The van der Waals surface area contributed by atoms with Crippen molar-refractivity contribution in [3.63, 3.8) is 0 Å². The molecule has 3 heterocycles. The molecule has 9 heteroatoms. The molecule has 1 aliphatic heterocycles. The van der Waals surface area contributed by atoms with Crippen LogP contribution in [-0.4, -0.2) is 50.1 Å². The van der Waals surface area contributed by atoms with E-state index in [9.17, 15) is 5.11 Å². The molecule has 5 rings (SSSR count). The number of aliphatic hydroxyl groups excluding tert-OH is 1. The third-order valence-corrected chi connectivity index (χ3v) is 6.30. The number of benzene rings is 1. The predicted molar refractivity (Wildman–Crippen MR) is 117 cm³/mol. The second kappa shape index (κ2) is 8.07. The summed E-state index contributed by atoms with van der Waals surface area (Å²) >= 11 is 5.80. The van der Waals surface area contributed by atoms with Crippen LogP contribution >= 0.6 is 12.2 Å². The van der Waals surface area contributed by atoms with Crippen LogP contribution in [0.4, 0.5) is 0 Å². The Morgan fingerprint density at radius 3 is 2.61 bits per heavy atom. The van der Waals surface area contributed by atoms with E-state index in [-0.39, 0.29) is 0 Å². The fraction of sp³-hybridized carbons (Fsp3) is 0.409. The Morgan fingerprint density at radius 2 is 1.94 bits per heavy atom. The summed E-state index contributed by atoms with van der Waals surface area (Å²) in [5.41, 5.74) is 2.68. The van der Waals surface area contributed by atoms with Gasteiger partial charge in [0.25, 0.3) is 0 Å². The minimum absolute atomic E-state index is 0.397. The lowest BCUT2D eigenvalue weighted by atomic mass is 9.95. The number of pyridine rings is 1. The number of nitrogens with zero attached hydrogens (tertiary/aromatic N) is 5. The number of methoxy groups -OCH3 is 2. The zero-order chi connectivity index (χ0) is 21.5. The fourth-order valence-electron chi connectivity index (χ4n) is 4.31. The summed E-state index contributed by atoms with van der Waals surface area (Å²) in [6.45, 7) is 1.53. The lowest BCUT2D eigenvalue weighted by molar-refractivity contribution is 0.0669. The standard InChI is InChI=1S/C22H25N5O3S/c1-29-18-7-8-19(30-2)20-16(18)11-25(12-17(20)28)13-26-22(31)27(15-5-6-15)21(24-26)14-4-3-9-23-10-14/h3-4,7-10,15,17,28H,5-6,11-13H2,1-2H3. The maximum absolute atomic E-state index is 10.9. The highest BCUT2D eigenvalue weighted by molar-refractivity contribution is 7.71. The molecule has 1 aliphatic carbocycles. The van der Waals surface area contributed by atoms with E-state index in [1.807, 2.05) is 35.1 Å². The second-order valence-electron chi connectivity index (χ2n) is 7.98. The van der Waals surface area contributed by atoms with Gasteiger partial charge in [0.1, 0.15) is 11.5 Å². The van der Waals surface area contributed by atoms with Crippen LogP contribution in [0.25, 0.3) is 11.4 Å². The zero-order valence-corrected chi connectivity index (χ0v) is 18.4. The molecule has 31 heavy (non-hydrogen) atoms. The van der Waals surface area contributed by atoms with Crippen molar-refractivity contribution in [2.45, 2.75) is 38.2 Å². The largest absolute Gasteiger partial charge is 0.496 e. The van der Waals surface area contributed by atoms with Crippen molar-refractivity contribution >= 4 is 12.2 Å². The van der Waals surface area contributed by atoms with E-state index in [1.165, 1.54) is 0 Å². The summed E-state index contributed by atoms with van der Waals surface area (Å²) in [7, 11) is 3.26. The number of aliphatic hydroxyl groups is 1. The Kier molecular flexibility index (Phi) is 5.25. The Labute approximate surface area is 185 Å². The number of ether oxygens (including phenoxy) is 2. The monoisotopic (exact) mass is 439 g/mol. The van der Waals surface area contributed by atoms with Crippen LogP contribution in [-0.2, 0) is 13.2 Å². The molecule has 0 spiro atoms. The van der Waals surface area contributed by atoms with E-state index in [2.05, 4.69) is 14.5 Å². The number of hydrogen-bond donors (Lipinski definition) is 1. The smallest absolute Gasteiger partial charge is 0.199 e. The Balaban J connectivity index is 1.49. The molecule has 1 aromatic carbocycles. The summed E-state index contributed by atoms with van der Waals surface area (Å²) in [6.07, 6.45) is 5.11. The molecule has 3 aromatic rings. The first-order chi connectivity index (χ1) is 15.1. The van der Waals surface area contributed by atoms with Crippen molar-refractivity contribution < 1.29 is 14.6 Å². The minimum atomic E-state index is -0.689. The molecule has 1 unspecified atom stereocenters. The Morgan fingerprint density at radius 1 is 1.16 bits per heavy atom. The number of β-amino-alcohol motifs (C(OH)–C–C–N with tert-alkyl or cyclic N) is 1. The molecule has 0 amide bonds. The van der Waals surface area contributed by atoms with Crippen LogP contribution in [0.2, 0.25) is 0 Å². The molecule has 162 valence electrons. The van der Waals surface area contributed by atoms with E-state index >= 15 is 0 Å². The van der Waals surface area contributed by atoms with Gasteiger partial charge in [-0.1, -0.05) is 0 Å². The quantitative estimate of drug-likeness (QED) is 0.590. The third kappa shape index (κ3) is 3.62. The van der Waals surface area contributed by atoms with Gasteiger partial charge in [0.15, 0.2) is 10.6 Å². The lowest BCUT2D eigenvalue weighted by Crippen LogP contribution is -2.36. The van der Waals surface area contributed by atoms with Crippen LogP contribution < -0.4 is 9.47 Å². The Hall–Kier alpha value is -2.75. The first-order valence-corrected chi connectivity index (χ1v) is 10.8. The third-order valence-electron chi connectivity index (χ3n) is 5.90. The summed E-state index contributed by atoms with van der Waals surface area (Å²) in [5, 5.41) is 15.7. The van der Waals surface area contributed by atoms with E-state index in [4.69, 9.17) is 26.8 Å². The van der Waals surface area contributed by atoms with Gasteiger partial charge in [-0.2, -0.15) is 5.10 Å². The van der Waals surface area contributed by atoms with Gasteiger partial charge < -0.3 is 14.6 Å². The van der Waals surface area contributed by atoms with Crippen LogP contribution in [0.15, 0.2) is 36.7 Å². The van der Waals surface area contributed by atoms with Crippen LogP contribution in [0.1, 0.15) is 36.1 Å². The second-order valence-corrected chi connectivity index (χ2v) is 8.34. The maximum Gasteiger partial charge on any atom is 0.199 e. The van der Waals surface area contributed by atoms with Crippen molar-refractivity contribution in [3.8, 4) is 22.9 Å². The summed E-state index contributed by atoms with van der Waals surface area (Å²) in [6, 6.07) is 8.03. The molecule has 0 radical (unpaired) electrons. The van der Waals surface area contributed by atoms with E-state index in [0.717, 1.165) is 41.1 Å². The highest BCUT2D eigenvalue weighted by Gasteiger charge is 2.32. The molecule has 8 nitrogen and oxygen atoms in total. The van der Waals surface area contributed by atoms with Crippen LogP contribution in [0.5, 0.6) is 11.5 Å². The number of hydrogen-bond acceptors (Lipinski definition) is 7. The SMILES string of the molecule is COc1ccc(OC)c2c1CN(Cn1nc(-c3cccnc3)n(C3CC3)c1=S)CC2O.